The fourth-order valence-electron chi connectivity index (χ4n) is 3.66. The van der Waals surface area contributed by atoms with Crippen molar-refractivity contribution in [1.29, 1.82) is 0 Å². The summed E-state index contributed by atoms with van der Waals surface area (Å²) in [6, 6.07) is 22.2. The zero-order valence-corrected chi connectivity index (χ0v) is 17.4. The predicted octanol–water partition coefficient (Wildman–Crippen LogP) is 6.82. The summed E-state index contributed by atoms with van der Waals surface area (Å²) in [6.45, 7) is 2.91. The van der Waals surface area contributed by atoms with Crippen molar-refractivity contribution >= 4 is 17.5 Å². The van der Waals surface area contributed by atoms with Crippen molar-refractivity contribution in [2.24, 2.45) is 0 Å². The lowest BCUT2D eigenvalue weighted by Gasteiger charge is -2.13. The van der Waals surface area contributed by atoms with E-state index in [2.05, 4.69) is 36.5 Å². The molecule has 0 bridgehead atoms. The van der Waals surface area contributed by atoms with Crippen LogP contribution in [0.1, 0.15) is 46.3 Å². The molecule has 1 N–H and O–H groups in total. The van der Waals surface area contributed by atoms with E-state index in [9.17, 15) is 4.79 Å². The Hall–Kier alpha value is -3.33. The van der Waals surface area contributed by atoms with E-state index in [0.717, 1.165) is 54.1 Å². The van der Waals surface area contributed by atoms with Gasteiger partial charge in [-0.2, -0.15) is 0 Å². The third-order valence-electron chi connectivity index (χ3n) is 5.36. The average Bonchev–Trinajstić information content (AvgIpc) is 2.78. The number of unbranched alkanes of at least 4 members (excludes halogenated alkanes) is 1. The zero-order chi connectivity index (χ0) is 20.8. The molecule has 1 aliphatic heterocycles. The quantitative estimate of drug-likeness (QED) is 0.335. The van der Waals surface area contributed by atoms with Gasteiger partial charge in [-0.3, -0.25) is 4.79 Å². The Morgan fingerprint density at radius 2 is 1.83 bits per heavy atom. The summed E-state index contributed by atoms with van der Waals surface area (Å²) in [7, 11) is 0. The van der Waals surface area contributed by atoms with Gasteiger partial charge in [-0.1, -0.05) is 42.0 Å². The largest absolute Gasteiger partial charge is 0.457 e. The molecule has 0 radical (unpaired) electrons. The third-order valence-corrected chi connectivity index (χ3v) is 5.36. The van der Waals surface area contributed by atoms with Crippen LogP contribution in [-0.2, 0) is 6.42 Å². The first-order valence-electron chi connectivity index (χ1n) is 10.6. The van der Waals surface area contributed by atoms with Gasteiger partial charge < -0.3 is 10.1 Å². The van der Waals surface area contributed by atoms with Gasteiger partial charge in [-0.15, -0.1) is 0 Å². The summed E-state index contributed by atoms with van der Waals surface area (Å²) in [5.74, 6) is 1.91. The number of rotatable bonds is 8. The predicted molar refractivity (Wildman–Crippen MR) is 124 cm³/mol. The van der Waals surface area contributed by atoms with Gasteiger partial charge in [0.05, 0.1) is 0 Å². The molecule has 152 valence electrons. The molecule has 0 aromatic heterocycles. The molecule has 1 heterocycles. The van der Waals surface area contributed by atoms with Crippen LogP contribution in [0.2, 0.25) is 0 Å². The maximum Gasteiger partial charge on any atom is 0.162 e. The van der Waals surface area contributed by atoms with Crippen molar-refractivity contribution < 1.29 is 9.53 Å². The molecule has 0 saturated carbocycles. The maximum atomic E-state index is 12.6. The van der Waals surface area contributed by atoms with E-state index >= 15 is 0 Å². The normalized spacial score (nSPS) is 12.2. The summed E-state index contributed by atoms with van der Waals surface area (Å²) in [6.07, 6.45) is 7.53. The molecule has 30 heavy (non-hydrogen) atoms. The van der Waals surface area contributed by atoms with Crippen molar-refractivity contribution in [3.63, 3.8) is 0 Å². The number of ketones is 1. The summed E-state index contributed by atoms with van der Waals surface area (Å²) < 4.78 is 5.96. The van der Waals surface area contributed by atoms with E-state index in [1.807, 2.05) is 54.6 Å². The molecule has 0 aliphatic carbocycles. The molecule has 3 nitrogen and oxygen atoms in total. The van der Waals surface area contributed by atoms with Gasteiger partial charge in [-0.05, 0) is 79.8 Å². The number of carbonyl (C=O) groups is 1. The minimum Gasteiger partial charge on any atom is -0.457 e. The van der Waals surface area contributed by atoms with Gasteiger partial charge in [0, 0.05) is 24.2 Å². The van der Waals surface area contributed by atoms with Crippen LogP contribution >= 0.6 is 0 Å². The van der Waals surface area contributed by atoms with Gasteiger partial charge in [0.2, 0.25) is 0 Å². The Morgan fingerprint density at radius 1 is 0.967 bits per heavy atom. The minimum atomic E-state index is 0.216. The van der Waals surface area contributed by atoms with E-state index in [-0.39, 0.29) is 5.78 Å². The summed E-state index contributed by atoms with van der Waals surface area (Å²) in [4.78, 5) is 12.6. The van der Waals surface area contributed by atoms with E-state index in [1.165, 1.54) is 11.1 Å². The Bertz CT molecular complexity index is 1050. The number of hydrogen-bond donors (Lipinski definition) is 1. The first kappa shape index (κ1) is 20.0. The molecular weight excluding hydrogens is 370 g/mol. The topological polar surface area (TPSA) is 38.3 Å². The van der Waals surface area contributed by atoms with Crippen molar-refractivity contribution in [2.45, 2.75) is 32.6 Å². The van der Waals surface area contributed by atoms with Crippen LogP contribution in [0, 0.1) is 6.92 Å². The second-order valence-corrected chi connectivity index (χ2v) is 7.78. The van der Waals surface area contributed by atoms with Gasteiger partial charge >= 0.3 is 0 Å². The van der Waals surface area contributed by atoms with Crippen molar-refractivity contribution in [2.75, 3.05) is 11.9 Å². The van der Waals surface area contributed by atoms with Crippen LogP contribution in [-0.4, -0.2) is 12.3 Å². The number of nitrogens with one attached hydrogen (secondary N) is 1. The van der Waals surface area contributed by atoms with Crippen LogP contribution in [0.25, 0.3) is 6.08 Å². The van der Waals surface area contributed by atoms with Gasteiger partial charge in [0.15, 0.2) is 5.78 Å². The van der Waals surface area contributed by atoms with Crippen LogP contribution in [0.5, 0.6) is 11.5 Å². The number of anilines is 1. The summed E-state index contributed by atoms with van der Waals surface area (Å²) in [5, 5.41) is 3.31. The maximum absolute atomic E-state index is 12.6. The Morgan fingerprint density at radius 3 is 2.70 bits per heavy atom. The fourth-order valence-corrected chi connectivity index (χ4v) is 3.66. The molecule has 4 rings (SSSR count). The fraction of sp³-hybridized carbons (Fsp3) is 0.222. The lowest BCUT2D eigenvalue weighted by molar-refractivity contribution is 0.0979. The Balaban J connectivity index is 1.27. The first-order valence-corrected chi connectivity index (χ1v) is 10.6. The summed E-state index contributed by atoms with van der Waals surface area (Å²) in [5.41, 5.74) is 5.45. The lowest BCUT2D eigenvalue weighted by Crippen LogP contribution is -2.06. The van der Waals surface area contributed by atoms with Gasteiger partial charge in [-0.25, -0.2) is 0 Å². The molecule has 1 aliphatic rings. The molecule has 0 spiro atoms. The molecule has 3 heteroatoms. The third kappa shape index (κ3) is 5.18. The number of benzene rings is 3. The monoisotopic (exact) mass is 397 g/mol. The van der Waals surface area contributed by atoms with E-state index < -0.39 is 0 Å². The van der Waals surface area contributed by atoms with Crippen LogP contribution in [0.3, 0.4) is 0 Å². The molecule has 3 aromatic rings. The average molecular weight is 398 g/mol. The minimum absolute atomic E-state index is 0.216. The number of ether oxygens (including phenoxy) is 1. The highest BCUT2D eigenvalue weighted by Crippen LogP contribution is 2.24. The van der Waals surface area contributed by atoms with Gasteiger partial charge in [0.25, 0.3) is 0 Å². The number of Topliss-reactive ketones (excluding diaryl/α,β-unsaturated/α-hetero) is 1. The standard InChI is InChI=1S/C27H27NO2/c1-20-11-14-24(15-12-20)30-25-9-4-7-21(18-25)6-2-3-10-27(29)23-13-16-26-22(19-23)8-5-17-28-26/h4-5,7-9,11-16,18-19,28H,2-3,6,10,17H2,1H3. The molecular formula is C27H27NO2. The second kappa shape index (κ2) is 9.45. The smallest absolute Gasteiger partial charge is 0.162 e. The highest BCUT2D eigenvalue weighted by molar-refractivity contribution is 5.97. The molecule has 0 atom stereocenters. The lowest BCUT2D eigenvalue weighted by atomic mass is 9.99. The number of hydrogen-bond acceptors (Lipinski definition) is 3. The van der Waals surface area contributed by atoms with E-state index in [0.29, 0.717) is 6.42 Å². The first-order chi connectivity index (χ1) is 14.7. The molecule has 0 saturated heterocycles. The summed E-state index contributed by atoms with van der Waals surface area (Å²) >= 11 is 0. The molecule has 0 fully saturated rings. The highest BCUT2D eigenvalue weighted by atomic mass is 16.5. The SMILES string of the molecule is Cc1ccc(Oc2cccc(CCCCC(=O)c3ccc4c(c3)C=CCN4)c2)cc1. The second-order valence-electron chi connectivity index (χ2n) is 7.78. The number of carbonyl (C=O) groups excluding carboxylic acids is 1. The molecule has 0 unspecified atom stereocenters. The van der Waals surface area contributed by atoms with Gasteiger partial charge in [0.1, 0.15) is 11.5 Å². The Kier molecular flexibility index (Phi) is 6.29. The highest BCUT2D eigenvalue weighted by Gasteiger charge is 2.10. The van der Waals surface area contributed by atoms with Crippen LogP contribution < -0.4 is 10.1 Å². The number of fused-ring (bicyclic) bond motifs is 1. The van der Waals surface area contributed by atoms with Crippen molar-refractivity contribution in [3.05, 3.63) is 95.1 Å². The van der Waals surface area contributed by atoms with Crippen LogP contribution in [0.15, 0.2) is 72.8 Å². The van der Waals surface area contributed by atoms with E-state index in [4.69, 9.17) is 4.74 Å². The zero-order valence-electron chi connectivity index (χ0n) is 17.4. The van der Waals surface area contributed by atoms with E-state index in [1.54, 1.807) is 0 Å². The van der Waals surface area contributed by atoms with Crippen molar-refractivity contribution in [1.82, 2.24) is 0 Å². The molecule has 3 aromatic carbocycles. The Labute approximate surface area is 178 Å². The number of aryl methyl sites for hydroxylation is 2. The van der Waals surface area contributed by atoms with Crippen LogP contribution in [0.4, 0.5) is 5.69 Å². The van der Waals surface area contributed by atoms with Crippen molar-refractivity contribution in [3.8, 4) is 11.5 Å². The molecule has 0 amide bonds.